The molecule has 0 spiro atoms. The molecule has 0 radical (unpaired) electrons. The van der Waals surface area contributed by atoms with Gasteiger partial charge >= 0.3 is 0 Å². The smallest absolute Gasteiger partial charge is 0.193 e. The van der Waals surface area contributed by atoms with Gasteiger partial charge in [0.15, 0.2) is 5.96 Å². The lowest BCUT2D eigenvalue weighted by molar-refractivity contribution is 0.0372. The van der Waals surface area contributed by atoms with Crippen LogP contribution in [0.25, 0.3) is 0 Å². The van der Waals surface area contributed by atoms with Crippen molar-refractivity contribution in [2.75, 3.05) is 33.2 Å². The molecule has 2 saturated heterocycles. The molecule has 146 valence electrons. The Morgan fingerprint density at radius 1 is 1.19 bits per heavy atom. The first-order valence-corrected chi connectivity index (χ1v) is 9.91. The molecule has 26 heavy (non-hydrogen) atoms. The molecular formula is C21H35IN4. The Morgan fingerprint density at radius 3 is 2.65 bits per heavy atom. The van der Waals surface area contributed by atoms with Crippen LogP contribution in [0.2, 0.25) is 0 Å². The number of nitrogens with one attached hydrogen (secondary N) is 1. The Bertz CT molecular complexity index is 560. The van der Waals surface area contributed by atoms with E-state index in [0.717, 1.165) is 44.1 Å². The predicted octanol–water partition coefficient (Wildman–Crippen LogP) is 3.82. The molecule has 0 bridgehead atoms. The van der Waals surface area contributed by atoms with Gasteiger partial charge in [0.1, 0.15) is 0 Å². The fraction of sp³-hybridized carbons (Fsp3) is 0.667. The summed E-state index contributed by atoms with van der Waals surface area (Å²) in [5.41, 5.74) is 1.44. The average Bonchev–Trinajstić information content (AvgIpc) is 2.63. The normalized spacial score (nSPS) is 24.2. The molecule has 1 aromatic carbocycles. The lowest BCUT2D eigenvalue weighted by Gasteiger charge is -2.48. The van der Waals surface area contributed by atoms with Gasteiger partial charge in [0.2, 0.25) is 0 Å². The lowest BCUT2D eigenvalue weighted by atomic mass is 9.83. The highest BCUT2D eigenvalue weighted by Gasteiger charge is 2.36. The Balaban J connectivity index is 0.00000243. The Hall–Kier alpha value is -0.820. The zero-order chi connectivity index (χ0) is 17.6. The molecule has 2 heterocycles. The summed E-state index contributed by atoms with van der Waals surface area (Å²) in [4.78, 5) is 9.73. The molecule has 1 N–H and O–H groups in total. The Morgan fingerprint density at radius 2 is 1.96 bits per heavy atom. The van der Waals surface area contributed by atoms with Crippen LogP contribution in [0.4, 0.5) is 0 Å². The second kappa shape index (κ2) is 10.5. The van der Waals surface area contributed by atoms with Crippen molar-refractivity contribution in [2.24, 2.45) is 16.8 Å². The van der Waals surface area contributed by atoms with Gasteiger partial charge in [-0.3, -0.25) is 9.89 Å². The van der Waals surface area contributed by atoms with Gasteiger partial charge in [-0.15, -0.1) is 24.0 Å². The highest BCUT2D eigenvalue weighted by Crippen LogP contribution is 2.31. The third-order valence-electron chi connectivity index (χ3n) is 5.59. The van der Waals surface area contributed by atoms with Crippen LogP contribution in [0.1, 0.15) is 38.7 Å². The molecule has 2 fully saturated rings. The van der Waals surface area contributed by atoms with Crippen LogP contribution in [0.15, 0.2) is 35.3 Å². The van der Waals surface area contributed by atoms with Crippen molar-refractivity contribution in [3.05, 3.63) is 35.9 Å². The fourth-order valence-electron chi connectivity index (χ4n) is 4.34. The number of rotatable bonds is 4. The molecule has 0 aromatic heterocycles. The number of guanidine groups is 1. The van der Waals surface area contributed by atoms with Crippen molar-refractivity contribution in [2.45, 2.75) is 45.7 Å². The maximum Gasteiger partial charge on any atom is 0.193 e. The summed E-state index contributed by atoms with van der Waals surface area (Å²) in [5.74, 6) is 2.50. The molecular weight excluding hydrogens is 435 g/mol. The second-order valence-corrected chi connectivity index (χ2v) is 7.98. The molecule has 2 aliphatic heterocycles. The third kappa shape index (κ3) is 5.59. The van der Waals surface area contributed by atoms with Crippen LogP contribution in [0.5, 0.6) is 0 Å². The summed E-state index contributed by atoms with van der Waals surface area (Å²) in [6.07, 6.45) is 3.92. The van der Waals surface area contributed by atoms with E-state index in [1.54, 1.807) is 0 Å². The zero-order valence-electron chi connectivity index (χ0n) is 16.5. The standard InChI is InChI=1S/C21H34N4.HI/c1-17(2)14-23-21(22-3)25-13-11-20-19(16-25)10-7-12-24(20)15-18-8-5-4-6-9-18;/h4-6,8-9,17,19-20H,7,10-16H2,1-3H3,(H,22,23);1H. The van der Waals surface area contributed by atoms with Gasteiger partial charge in [-0.1, -0.05) is 44.2 Å². The first kappa shape index (κ1) is 21.5. The summed E-state index contributed by atoms with van der Waals surface area (Å²) < 4.78 is 0. The van der Waals surface area contributed by atoms with Crippen LogP contribution in [-0.2, 0) is 6.54 Å². The summed E-state index contributed by atoms with van der Waals surface area (Å²) in [6, 6.07) is 11.7. The molecule has 4 nitrogen and oxygen atoms in total. The summed E-state index contributed by atoms with van der Waals surface area (Å²) in [5, 5.41) is 3.55. The van der Waals surface area contributed by atoms with Crippen molar-refractivity contribution in [3.8, 4) is 0 Å². The Labute approximate surface area is 176 Å². The van der Waals surface area contributed by atoms with E-state index in [1.165, 1.54) is 31.4 Å². The van der Waals surface area contributed by atoms with E-state index in [9.17, 15) is 0 Å². The van der Waals surface area contributed by atoms with Gasteiger partial charge in [-0.2, -0.15) is 0 Å². The van der Waals surface area contributed by atoms with E-state index in [4.69, 9.17) is 0 Å². The fourth-order valence-corrected chi connectivity index (χ4v) is 4.34. The van der Waals surface area contributed by atoms with Crippen LogP contribution < -0.4 is 5.32 Å². The van der Waals surface area contributed by atoms with Crippen molar-refractivity contribution in [3.63, 3.8) is 0 Å². The zero-order valence-corrected chi connectivity index (χ0v) is 18.9. The van der Waals surface area contributed by atoms with E-state index in [1.807, 2.05) is 7.05 Å². The number of hydrogen-bond donors (Lipinski definition) is 1. The van der Waals surface area contributed by atoms with Gasteiger partial charge in [0, 0.05) is 39.3 Å². The minimum Gasteiger partial charge on any atom is -0.356 e. The van der Waals surface area contributed by atoms with Crippen LogP contribution >= 0.6 is 24.0 Å². The molecule has 0 aliphatic carbocycles. The highest BCUT2D eigenvalue weighted by atomic mass is 127. The third-order valence-corrected chi connectivity index (χ3v) is 5.59. The Kier molecular flexibility index (Phi) is 8.67. The molecule has 0 saturated carbocycles. The van der Waals surface area contributed by atoms with E-state index in [0.29, 0.717) is 5.92 Å². The summed E-state index contributed by atoms with van der Waals surface area (Å²) >= 11 is 0. The first-order chi connectivity index (χ1) is 12.2. The molecule has 2 aliphatic rings. The van der Waals surface area contributed by atoms with Crippen molar-refractivity contribution in [1.29, 1.82) is 0 Å². The number of halogens is 1. The van der Waals surface area contributed by atoms with E-state index in [2.05, 4.69) is 64.3 Å². The van der Waals surface area contributed by atoms with Gasteiger partial charge < -0.3 is 10.2 Å². The lowest BCUT2D eigenvalue weighted by Crippen LogP contribution is -2.56. The molecule has 5 heteroatoms. The number of hydrogen-bond acceptors (Lipinski definition) is 2. The van der Waals surface area contributed by atoms with Crippen molar-refractivity contribution >= 4 is 29.9 Å². The first-order valence-electron chi connectivity index (χ1n) is 9.91. The van der Waals surface area contributed by atoms with E-state index in [-0.39, 0.29) is 24.0 Å². The largest absolute Gasteiger partial charge is 0.356 e. The van der Waals surface area contributed by atoms with Gasteiger partial charge in [0.05, 0.1) is 0 Å². The van der Waals surface area contributed by atoms with Gasteiger partial charge in [-0.25, -0.2) is 0 Å². The van der Waals surface area contributed by atoms with Crippen LogP contribution in [-0.4, -0.2) is 55.0 Å². The minimum absolute atomic E-state index is 0. The molecule has 2 atom stereocenters. The maximum absolute atomic E-state index is 4.53. The van der Waals surface area contributed by atoms with Crippen molar-refractivity contribution < 1.29 is 0 Å². The van der Waals surface area contributed by atoms with Gasteiger partial charge in [0.25, 0.3) is 0 Å². The molecule has 0 amide bonds. The van der Waals surface area contributed by atoms with E-state index >= 15 is 0 Å². The maximum atomic E-state index is 4.53. The number of piperidine rings is 2. The molecule has 2 unspecified atom stereocenters. The monoisotopic (exact) mass is 470 g/mol. The predicted molar refractivity (Wildman–Crippen MR) is 121 cm³/mol. The number of fused-ring (bicyclic) bond motifs is 1. The topological polar surface area (TPSA) is 30.9 Å². The number of aliphatic imine (C=N–C) groups is 1. The number of nitrogens with zero attached hydrogens (tertiary/aromatic N) is 3. The van der Waals surface area contributed by atoms with Crippen LogP contribution in [0.3, 0.4) is 0 Å². The second-order valence-electron chi connectivity index (χ2n) is 7.98. The average molecular weight is 470 g/mol. The number of benzene rings is 1. The minimum atomic E-state index is 0. The van der Waals surface area contributed by atoms with E-state index < -0.39 is 0 Å². The molecule has 3 rings (SSSR count). The quantitative estimate of drug-likeness (QED) is 0.413. The highest BCUT2D eigenvalue weighted by molar-refractivity contribution is 14.0. The SMILES string of the molecule is CN=C(NCC(C)C)N1CCC2C(CCCN2Cc2ccccc2)C1.I. The number of likely N-dealkylation sites (tertiary alicyclic amines) is 2. The van der Waals surface area contributed by atoms with Crippen LogP contribution in [0, 0.1) is 11.8 Å². The van der Waals surface area contributed by atoms with Crippen molar-refractivity contribution in [1.82, 2.24) is 15.1 Å². The van der Waals surface area contributed by atoms with Gasteiger partial charge in [-0.05, 0) is 43.2 Å². The molecule has 1 aromatic rings. The summed E-state index contributed by atoms with van der Waals surface area (Å²) in [6.45, 7) is 10.1. The summed E-state index contributed by atoms with van der Waals surface area (Å²) in [7, 11) is 1.91.